The second-order valence-electron chi connectivity index (χ2n) is 5.82. The summed E-state index contributed by atoms with van der Waals surface area (Å²) in [5.74, 6) is 1.05. The Morgan fingerprint density at radius 2 is 2.10 bits per heavy atom. The summed E-state index contributed by atoms with van der Waals surface area (Å²) in [5, 5.41) is 0. The molecule has 0 amide bonds. The highest BCUT2D eigenvalue weighted by molar-refractivity contribution is 5.78. The van der Waals surface area contributed by atoms with E-state index in [0.29, 0.717) is 0 Å². The highest BCUT2D eigenvalue weighted by Crippen LogP contribution is 2.24. The van der Waals surface area contributed by atoms with Crippen LogP contribution in [0.2, 0.25) is 0 Å². The van der Waals surface area contributed by atoms with Gasteiger partial charge in [0.1, 0.15) is 5.82 Å². The molecule has 1 aromatic carbocycles. The standard InChI is InChI=1S/C16H24N4/c1-2-20(13-6-4-3-5-7-13)11-16-18-14-9-8-12(17)10-15(14)19-16/h8-10,13H,2-7,11,17H2,1H3,(H,18,19). The van der Waals surface area contributed by atoms with Crippen molar-refractivity contribution in [3.05, 3.63) is 24.0 Å². The van der Waals surface area contributed by atoms with E-state index in [0.717, 1.165) is 41.7 Å². The molecule has 0 aliphatic heterocycles. The summed E-state index contributed by atoms with van der Waals surface area (Å²) in [7, 11) is 0. The van der Waals surface area contributed by atoms with Crippen molar-refractivity contribution in [2.24, 2.45) is 0 Å². The van der Waals surface area contributed by atoms with Gasteiger partial charge in [-0.25, -0.2) is 4.98 Å². The predicted molar refractivity (Wildman–Crippen MR) is 83.5 cm³/mol. The minimum absolute atomic E-state index is 0.729. The number of hydrogen-bond donors (Lipinski definition) is 2. The van der Waals surface area contributed by atoms with Crippen molar-refractivity contribution in [1.82, 2.24) is 14.9 Å². The van der Waals surface area contributed by atoms with Gasteiger partial charge < -0.3 is 10.7 Å². The summed E-state index contributed by atoms with van der Waals surface area (Å²) in [5.41, 5.74) is 8.65. The first-order chi connectivity index (χ1) is 9.76. The molecule has 108 valence electrons. The van der Waals surface area contributed by atoms with Crippen molar-refractivity contribution < 1.29 is 0 Å². The molecule has 0 unspecified atom stereocenters. The summed E-state index contributed by atoms with van der Waals surface area (Å²) in [4.78, 5) is 10.6. The van der Waals surface area contributed by atoms with E-state index in [2.05, 4.69) is 21.8 Å². The zero-order valence-electron chi connectivity index (χ0n) is 12.2. The third-order valence-electron chi connectivity index (χ3n) is 4.41. The normalized spacial score (nSPS) is 17.1. The Bertz CT molecular complexity index is 569. The lowest BCUT2D eigenvalue weighted by atomic mass is 9.94. The fourth-order valence-corrected chi connectivity index (χ4v) is 3.29. The van der Waals surface area contributed by atoms with E-state index < -0.39 is 0 Å². The first kappa shape index (κ1) is 13.4. The van der Waals surface area contributed by atoms with Crippen LogP contribution in [0.15, 0.2) is 18.2 Å². The lowest BCUT2D eigenvalue weighted by molar-refractivity contribution is 0.153. The van der Waals surface area contributed by atoms with E-state index in [-0.39, 0.29) is 0 Å². The second-order valence-corrected chi connectivity index (χ2v) is 5.82. The summed E-state index contributed by atoms with van der Waals surface area (Å²) in [6.07, 6.45) is 6.82. The number of nitrogens with one attached hydrogen (secondary N) is 1. The number of nitrogen functional groups attached to an aromatic ring is 1. The molecule has 4 nitrogen and oxygen atoms in total. The number of imidazole rings is 1. The number of H-pyrrole nitrogens is 1. The van der Waals surface area contributed by atoms with Crippen LogP contribution < -0.4 is 5.73 Å². The number of nitrogens with two attached hydrogens (primary N) is 1. The fourth-order valence-electron chi connectivity index (χ4n) is 3.29. The average Bonchev–Trinajstić information content (AvgIpc) is 2.87. The summed E-state index contributed by atoms with van der Waals surface area (Å²) in [6.45, 7) is 4.24. The van der Waals surface area contributed by atoms with Crippen molar-refractivity contribution >= 4 is 16.7 Å². The molecule has 0 spiro atoms. The molecule has 1 aliphatic carbocycles. The highest BCUT2D eigenvalue weighted by atomic mass is 15.2. The third kappa shape index (κ3) is 2.80. The smallest absolute Gasteiger partial charge is 0.121 e. The van der Waals surface area contributed by atoms with Crippen LogP contribution in [0.3, 0.4) is 0 Å². The first-order valence-corrected chi connectivity index (χ1v) is 7.74. The quantitative estimate of drug-likeness (QED) is 0.840. The van der Waals surface area contributed by atoms with E-state index in [1.165, 1.54) is 32.1 Å². The van der Waals surface area contributed by atoms with Gasteiger partial charge in [-0.2, -0.15) is 0 Å². The van der Waals surface area contributed by atoms with Gasteiger partial charge in [0.25, 0.3) is 0 Å². The van der Waals surface area contributed by atoms with Gasteiger partial charge in [0.2, 0.25) is 0 Å². The van der Waals surface area contributed by atoms with Crippen LogP contribution in [0.1, 0.15) is 44.9 Å². The molecule has 20 heavy (non-hydrogen) atoms. The van der Waals surface area contributed by atoms with E-state index in [4.69, 9.17) is 5.73 Å². The Kier molecular flexibility index (Phi) is 3.92. The number of aromatic nitrogens is 2. The summed E-state index contributed by atoms with van der Waals surface area (Å²) >= 11 is 0. The molecule has 0 atom stereocenters. The van der Waals surface area contributed by atoms with Crippen molar-refractivity contribution in [3.63, 3.8) is 0 Å². The van der Waals surface area contributed by atoms with Crippen LogP contribution in [0.4, 0.5) is 5.69 Å². The maximum atomic E-state index is 5.82. The average molecular weight is 272 g/mol. The number of benzene rings is 1. The lowest BCUT2D eigenvalue weighted by Crippen LogP contribution is -2.36. The molecule has 1 aromatic heterocycles. The Morgan fingerprint density at radius 1 is 1.30 bits per heavy atom. The molecule has 1 saturated carbocycles. The number of rotatable bonds is 4. The van der Waals surface area contributed by atoms with Crippen molar-refractivity contribution in [2.75, 3.05) is 12.3 Å². The first-order valence-electron chi connectivity index (χ1n) is 7.74. The Balaban J connectivity index is 1.76. The van der Waals surface area contributed by atoms with Gasteiger partial charge >= 0.3 is 0 Å². The van der Waals surface area contributed by atoms with Gasteiger partial charge in [-0.1, -0.05) is 26.2 Å². The van der Waals surface area contributed by atoms with Crippen LogP contribution in [0.5, 0.6) is 0 Å². The molecule has 1 fully saturated rings. The monoisotopic (exact) mass is 272 g/mol. The van der Waals surface area contributed by atoms with Gasteiger partial charge in [0.15, 0.2) is 0 Å². The minimum atomic E-state index is 0.729. The van der Waals surface area contributed by atoms with E-state index in [1.54, 1.807) is 0 Å². The number of fused-ring (bicyclic) bond motifs is 1. The number of hydrogen-bond acceptors (Lipinski definition) is 3. The zero-order chi connectivity index (χ0) is 13.9. The van der Waals surface area contributed by atoms with E-state index in [1.807, 2.05) is 18.2 Å². The molecule has 4 heteroatoms. The predicted octanol–water partition coefficient (Wildman–Crippen LogP) is 3.30. The van der Waals surface area contributed by atoms with Crippen molar-refractivity contribution in [3.8, 4) is 0 Å². The molecule has 0 bridgehead atoms. The van der Waals surface area contributed by atoms with Crippen LogP contribution in [-0.2, 0) is 6.54 Å². The molecular weight excluding hydrogens is 248 g/mol. The zero-order valence-corrected chi connectivity index (χ0v) is 12.2. The van der Waals surface area contributed by atoms with Gasteiger partial charge in [0.05, 0.1) is 17.6 Å². The molecule has 0 saturated heterocycles. The third-order valence-corrected chi connectivity index (χ3v) is 4.41. The van der Waals surface area contributed by atoms with Gasteiger partial charge in [-0.15, -0.1) is 0 Å². The minimum Gasteiger partial charge on any atom is -0.399 e. The Labute approximate surface area is 120 Å². The molecule has 3 rings (SSSR count). The highest BCUT2D eigenvalue weighted by Gasteiger charge is 2.20. The van der Waals surface area contributed by atoms with Crippen LogP contribution in [-0.4, -0.2) is 27.5 Å². The van der Waals surface area contributed by atoms with Crippen LogP contribution >= 0.6 is 0 Å². The van der Waals surface area contributed by atoms with Crippen LogP contribution in [0.25, 0.3) is 11.0 Å². The van der Waals surface area contributed by atoms with Crippen molar-refractivity contribution in [1.29, 1.82) is 0 Å². The maximum Gasteiger partial charge on any atom is 0.121 e. The lowest BCUT2D eigenvalue weighted by Gasteiger charge is -2.32. The van der Waals surface area contributed by atoms with Gasteiger partial charge in [-0.3, -0.25) is 4.90 Å². The Morgan fingerprint density at radius 3 is 2.85 bits per heavy atom. The number of aromatic amines is 1. The molecule has 1 aliphatic rings. The van der Waals surface area contributed by atoms with Gasteiger partial charge in [0, 0.05) is 11.7 Å². The fraction of sp³-hybridized carbons (Fsp3) is 0.562. The summed E-state index contributed by atoms with van der Waals surface area (Å²) in [6, 6.07) is 6.59. The molecule has 2 aromatic rings. The van der Waals surface area contributed by atoms with Crippen LogP contribution in [0, 0.1) is 0 Å². The second kappa shape index (κ2) is 5.83. The largest absolute Gasteiger partial charge is 0.399 e. The SMILES string of the molecule is CCN(Cc1nc2ccc(N)cc2[nH]1)C1CCCCC1. The summed E-state index contributed by atoms with van der Waals surface area (Å²) < 4.78 is 0. The van der Waals surface area contributed by atoms with Crippen molar-refractivity contribution in [2.45, 2.75) is 51.6 Å². The van der Waals surface area contributed by atoms with Gasteiger partial charge in [-0.05, 0) is 37.6 Å². The molecule has 0 radical (unpaired) electrons. The van der Waals surface area contributed by atoms with E-state index in [9.17, 15) is 0 Å². The number of anilines is 1. The maximum absolute atomic E-state index is 5.82. The topological polar surface area (TPSA) is 57.9 Å². The molecule has 3 N–H and O–H groups in total. The molecular formula is C16H24N4. The number of nitrogens with zero attached hydrogens (tertiary/aromatic N) is 2. The molecule has 1 heterocycles. The van der Waals surface area contributed by atoms with E-state index >= 15 is 0 Å². The Hall–Kier alpha value is -1.55.